The Labute approximate surface area is 178 Å². The predicted molar refractivity (Wildman–Crippen MR) is 120 cm³/mol. The highest BCUT2D eigenvalue weighted by atomic mass is 32.2. The second-order valence-corrected chi connectivity index (χ2v) is 9.36. The molecule has 0 fully saturated rings. The van der Waals surface area contributed by atoms with Crippen molar-refractivity contribution in [3.63, 3.8) is 0 Å². The molecule has 30 heavy (non-hydrogen) atoms. The minimum Gasteiger partial charge on any atom is -0.346 e. The molecule has 3 aromatic rings. The van der Waals surface area contributed by atoms with Gasteiger partial charge in [-0.15, -0.1) is 0 Å². The molecule has 0 saturated carbocycles. The Kier molecular flexibility index (Phi) is 6.27. The van der Waals surface area contributed by atoms with Crippen LogP contribution in [-0.4, -0.2) is 21.4 Å². The number of benzene rings is 3. The first-order valence-electron chi connectivity index (χ1n) is 9.72. The molecule has 3 rings (SSSR count). The SMILES string of the molecule is Cc1ccc(S(=O)(=O)N(C)c2ccc(C(=O)N[C@@H](C)c3ccccc3)cc2C)cc1. The quantitative estimate of drug-likeness (QED) is 0.630. The van der Waals surface area contributed by atoms with Gasteiger partial charge in [0.15, 0.2) is 0 Å². The molecule has 0 saturated heterocycles. The van der Waals surface area contributed by atoms with Gasteiger partial charge in [-0.05, 0) is 62.2 Å². The van der Waals surface area contributed by atoms with Gasteiger partial charge in [-0.3, -0.25) is 9.10 Å². The number of nitrogens with one attached hydrogen (secondary N) is 1. The maximum absolute atomic E-state index is 13.0. The molecule has 6 heteroatoms. The monoisotopic (exact) mass is 422 g/mol. The Bertz CT molecular complexity index is 1140. The van der Waals surface area contributed by atoms with Gasteiger partial charge in [-0.25, -0.2) is 8.42 Å². The van der Waals surface area contributed by atoms with Crippen molar-refractivity contribution in [1.82, 2.24) is 5.32 Å². The summed E-state index contributed by atoms with van der Waals surface area (Å²) in [6.45, 7) is 5.64. The Morgan fingerprint density at radius 1 is 0.933 bits per heavy atom. The summed E-state index contributed by atoms with van der Waals surface area (Å²) in [5, 5.41) is 2.98. The van der Waals surface area contributed by atoms with Gasteiger partial charge in [0.05, 0.1) is 16.6 Å². The number of nitrogens with zero attached hydrogens (tertiary/aromatic N) is 1. The highest BCUT2D eigenvalue weighted by Crippen LogP contribution is 2.26. The molecule has 5 nitrogen and oxygen atoms in total. The largest absolute Gasteiger partial charge is 0.346 e. The van der Waals surface area contributed by atoms with E-state index in [-0.39, 0.29) is 16.8 Å². The Hall–Kier alpha value is -3.12. The zero-order valence-electron chi connectivity index (χ0n) is 17.6. The van der Waals surface area contributed by atoms with Crippen LogP contribution in [0.1, 0.15) is 40.0 Å². The molecule has 0 unspecified atom stereocenters. The lowest BCUT2D eigenvalue weighted by Gasteiger charge is -2.22. The van der Waals surface area contributed by atoms with Crippen LogP contribution in [0.2, 0.25) is 0 Å². The lowest BCUT2D eigenvalue weighted by Crippen LogP contribution is -2.28. The van der Waals surface area contributed by atoms with Crippen molar-refractivity contribution in [3.05, 3.63) is 95.1 Å². The van der Waals surface area contributed by atoms with Gasteiger partial charge in [0.2, 0.25) is 0 Å². The number of carbonyl (C=O) groups is 1. The van der Waals surface area contributed by atoms with E-state index in [0.717, 1.165) is 11.1 Å². The van der Waals surface area contributed by atoms with E-state index in [2.05, 4.69) is 5.32 Å². The van der Waals surface area contributed by atoms with Gasteiger partial charge in [0.25, 0.3) is 15.9 Å². The number of sulfonamides is 1. The smallest absolute Gasteiger partial charge is 0.264 e. The average Bonchev–Trinajstić information content (AvgIpc) is 2.74. The lowest BCUT2D eigenvalue weighted by molar-refractivity contribution is 0.0940. The molecule has 0 aliphatic heterocycles. The zero-order valence-corrected chi connectivity index (χ0v) is 18.4. The summed E-state index contributed by atoms with van der Waals surface area (Å²) in [6, 6.07) is 21.4. The molecule has 0 aromatic heterocycles. The lowest BCUT2D eigenvalue weighted by atomic mass is 10.1. The van der Waals surface area contributed by atoms with E-state index in [0.29, 0.717) is 16.8 Å². The molecule has 3 aromatic carbocycles. The minimum absolute atomic E-state index is 0.136. The van der Waals surface area contributed by atoms with Crippen LogP contribution in [0.15, 0.2) is 77.7 Å². The summed E-state index contributed by atoms with van der Waals surface area (Å²) in [5.74, 6) is -0.204. The molecular formula is C24H26N2O3S. The number of amides is 1. The number of hydrogen-bond donors (Lipinski definition) is 1. The molecule has 1 amide bonds. The third kappa shape index (κ3) is 4.54. The fraction of sp³-hybridized carbons (Fsp3) is 0.208. The molecule has 1 atom stereocenters. The van der Waals surface area contributed by atoms with Crippen LogP contribution in [0.3, 0.4) is 0 Å². The van der Waals surface area contributed by atoms with Crippen molar-refractivity contribution in [2.24, 2.45) is 0 Å². The van der Waals surface area contributed by atoms with Crippen molar-refractivity contribution < 1.29 is 13.2 Å². The Balaban J connectivity index is 1.80. The molecule has 0 aliphatic carbocycles. The molecule has 156 valence electrons. The fourth-order valence-corrected chi connectivity index (χ4v) is 4.51. The molecule has 0 heterocycles. The van der Waals surface area contributed by atoms with E-state index < -0.39 is 10.0 Å². The molecule has 0 spiro atoms. The Morgan fingerprint density at radius 2 is 1.57 bits per heavy atom. The van der Waals surface area contributed by atoms with Crippen LogP contribution in [-0.2, 0) is 10.0 Å². The highest BCUT2D eigenvalue weighted by Gasteiger charge is 2.23. The van der Waals surface area contributed by atoms with E-state index in [1.165, 1.54) is 11.4 Å². The summed E-state index contributed by atoms with van der Waals surface area (Å²) < 4.78 is 27.2. The van der Waals surface area contributed by atoms with Gasteiger partial charge in [0, 0.05) is 12.6 Å². The van der Waals surface area contributed by atoms with Crippen LogP contribution >= 0.6 is 0 Å². The third-order valence-electron chi connectivity index (χ3n) is 5.12. The first kappa shape index (κ1) is 21.6. The van der Waals surface area contributed by atoms with Crippen LogP contribution in [0, 0.1) is 13.8 Å². The van der Waals surface area contributed by atoms with E-state index in [1.54, 1.807) is 49.4 Å². The van der Waals surface area contributed by atoms with E-state index in [4.69, 9.17) is 0 Å². The molecule has 1 N–H and O–H groups in total. The second-order valence-electron chi connectivity index (χ2n) is 7.39. The maximum atomic E-state index is 13.0. The normalized spacial score (nSPS) is 12.3. The summed E-state index contributed by atoms with van der Waals surface area (Å²) in [4.78, 5) is 12.9. The summed E-state index contributed by atoms with van der Waals surface area (Å²) in [7, 11) is -2.16. The summed E-state index contributed by atoms with van der Waals surface area (Å²) in [5.41, 5.74) is 3.73. The first-order chi connectivity index (χ1) is 14.2. The van der Waals surface area contributed by atoms with Gasteiger partial charge in [-0.1, -0.05) is 48.0 Å². The second kappa shape index (κ2) is 8.71. The maximum Gasteiger partial charge on any atom is 0.264 e. The van der Waals surface area contributed by atoms with Crippen LogP contribution in [0.4, 0.5) is 5.69 Å². The van der Waals surface area contributed by atoms with Crippen LogP contribution in [0.25, 0.3) is 0 Å². The Morgan fingerprint density at radius 3 is 2.17 bits per heavy atom. The van der Waals surface area contributed by atoms with Crippen molar-refractivity contribution in [1.29, 1.82) is 0 Å². The fourth-order valence-electron chi connectivity index (χ4n) is 3.25. The van der Waals surface area contributed by atoms with Crippen LogP contribution in [0.5, 0.6) is 0 Å². The van der Waals surface area contributed by atoms with E-state index in [1.807, 2.05) is 44.2 Å². The van der Waals surface area contributed by atoms with Crippen molar-refractivity contribution in [2.75, 3.05) is 11.4 Å². The minimum atomic E-state index is -3.69. The van der Waals surface area contributed by atoms with Gasteiger partial charge < -0.3 is 5.32 Å². The third-order valence-corrected chi connectivity index (χ3v) is 6.91. The van der Waals surface area contributed by atoms with Crippen LogP contribution < -0.4 is 9.62 Å². The van der Waals surface area contributed by atoms with Crippen molar-refractivity contribution in [2.45, 2.75) is 31.7 Å². The van der Waals surface area contributed by atoms with Gasteiger partial charge >= 0.3 is 0 Å². The molecule has 0 aliphatic rings. The average molecular weight is 423 g/mol. The molecular weight excluding hydrogens is 396 g/mol. The number of aryl methyl sites for hydroxylation is 2. The van der Waals surface area contributed by atoms with Gasteiger partial charge in [0.1, 0.15) is 0 Å². The summed E-state index contributed by atoms with van der Waals surface area (Å²) in [6.07, 6.45) is 0. The summed E-state index contributed by atoms with van der Waals surface area (Å²) >= 11 is 0. The number of anilines is 1. The first-order valence-corrected chi connectivity index (χ1v) is 11.2. The van der Waals surface area contributed by atoms with Gasteiger partial charge in [-0.2, -0.15) is 0 Å². The van der Waals surface area contributed by atoms with E-state index in [9.17, 15) is 13.2 Å². The number of hydrogen-bond acceptors (Lipinski definition) is 3. The van der Waals surface area contributed by atoms with Crippen molar-refractivity contribution in [3.8, 4) is 0 Å². The highest BCUT2D eigenvalue weighted by molar-refractivity contribution is 7.92. The van der Waals surface area contributed by atoms with E-state index >= 15 is 0 Å². The predicted octanol–water partition coefficient (Wildman–Crippen LogP) is 4.62. The van der Waals surface area contributed by atoms with Crippen molar-refractivity contribution >= 4 is 21.6 Å². The molecule has 0 bridgehead atoms. The number of rotatable bonds is 6. The molecule has 0 radical (unpaired) electrons. The number of carbonyl (C=O) groups excluding carboxylic acids is 1. The topological polar surface area (TPSA) is 66.5 Å². The standard InChI is InChI=1S/C24H26N2O3S/c1-17-10-13-22(14-11-17)30(28,29)26(4)23-15-12-21(16-18(23)2)24(27)25-19(3)20-8-6-5-7-9-20/h5-16,19H,1-4H3,(H,25,27)/t19-/m0/s1. The zero-order chi connectivity index (χ0) is 21.9.